The molecule has 0 aliphatic rings. The molecule has 26 heavy (non-hydrogen) atoms. The topological polar surface area (TPSA) is 46.2 Å². The Balaban J connectivity index is 1.55. The second-order valence-electron chi connectivity index (χ2n) is 5.92. The monoisotopic (exact) mass is 361 g/mol. The van der Waals surface area contributed by atoms with Crippen molar-refractivity contribution >= 4 is 29.1 Å². The first-order chi connectivity index (χ1) is 12.6. The van der Waals surface area contributed by atoms with Gasteiger partial charge < -0.3 is 5.32 Å². The Hall–Kier alpha value is -2.85. The summed E-state index contributed by atoms with van der Waals surface area (Å²) in [5.41, 5.74) is 3.20. The third kappa shape index (κ3) is 4.83. The van der Waals surface area contributed by atoms with Crippen LogP contribution in [0, 0.1) is 6.92 Å². The summed E-state index contributed by atoms with van der Waals surface area (Å²) in [6.07, 6.45) is 0. The number of nitrogens with one attached hydrogen (secondary N) is 1. The highest BCUT2D eigenvalue weighted by atomic mass is 32.2. The molecule has 1 N–H and O–H groups in total. The number of amides is 1. The van der Waals surface area contributed by atoms with Crippen LogP contribution in [-0.4, -0.2) is 17.4 Å². The van der Waals surface area contributed by atoms with Crippen LogP contribution in [0.1, 0.15) is 26.3 Å². The quantitative estimate of drug-likeness (QED) is 0.483. The Morgan fingerprint density at radius 1 is 0.808 bits per heavy atom. The number of hydrogen-bond donors (Lipinski definition) is 1. The summed E-state index contributed by atoms with van der Waals surface area (Å²) in [6.45, 7) is 1.99. The number of carbonyl (C=O) groups is 2. The van der Waals surface area contributed by atoms with E-state index in [0.29, 0.717) is 11.3 Å². The fourth-order valence-corrected chi connectivity index (χ4v) is 3.19. The van der Waals surface area contributed by atoms with Crippen molar-refractivity contribution in [1.29, 1.82) is 0 Å². The van der Waals surface area contributed by atoms with Gasteiger partial charge in [-0.25, -0.2) is 0 Å². The highest BCUT2D eigenvalue weighted by molar-refractivity contribution is 8.00. The Labute approximate surface area is 157 Å². The molecule has 0 saturated heterocycles. The third-order valence-electron chi connectivity index (χ3n) is 3.89. The van der Waals surface area contributed by atoms with Gasteiger partial charge in [-0.05, 0) is 43.3 Å². The summed E-state index contributed by atoms with van der Waals surface area (Å²) in [5.74, 6) is 0.357. The molecule has 0 unspecified atom stereocenters. The fraction of sp³-hybridized carbons (Fsp3) is 0.0909. The zero-order valence-electron chi connectivity index (χ0n) is 14.4. The highest BCUT2D eigenvalue weighted by Crippen LogP contribution is 2.22. The predicted molar refractivity (Wildman–Crippen MR) is 107 cm³/mol. The van der Waals surface area contributed by atoms with Gasteiger partial charge in [0.15, 0.2) is 5.78 Å². The number of benzene rings is 3. The molecule has 0 atom stereocenters. The van der Waals surface area contributed by atoms with Crippen LogP contribution >= 0.6 is 11.8 Å². The van der Waals surface area contributed by atoms with Crippen molar-refractivity contribution in [3.8, 4) is 0 Å². The van der Waals surface area contributed by atoms with Gasteiger partial charge in [-0.3, -0.25) is 9.59 Å². The molecule has 0 aliphatic heterocycles. The zero-order chi connectivity index (χ0) is 18.4. The molecule has 0 bridgehead atoms. The van der Waals surface area contributed by atoms with E-state index in [1.165, 1.54) is 11.8 Å². The molecule has 0 saturated carbocycles. The van der Waals surface area contributed by atoms with Crippen molar-refractivity contribution in [2.75, 3.05) is 11.1 Å². The van der Waals surface area contributed by atoms with Crippen LogP contribution in [0.3, 0.4) is 0 Å². The van der Waals surface area contributed by atoms with Gasteiger partial charge in [0.05, 0.1) is 5.75 Å². The van der Waals surface area contributed by atoms with Crippen molar-refractivity contribution in [3.63, 3.8) is 0 Å². The van der Waals surface area contributed by atoms with Gasteiger partial charge in [-0.1, -0.05) is 48.0 Å². The molecule has 3 nitrogen and oxygen atoms in total. The number of Topliss-reactive ketones (excluding diaryl/α,β-unsaturated/α-hetero) is 1. The summed E-state index contributed by atoms with van der Waals surface area (Å²) >= 11 is 1.49. The van der Waals surface area contributed by atoms with Crippen molar-refractivity contribution in [1.82, 2.24) is 0 Å². The van der Waals surface area contributed by atoms with E-state index in [1.807, 2.05) is 85.8 Å². The van der Waals surface area contributed by atoms with Crippen LogP contribution in [0.2, 0.25) is 0 Å². The average molecular weight is 361 g/mol. The molecule has 130 valence electrons. The predicted octanol–water partition coefficient (Wildman–Crippen LogP) is 5.22. The lowest BCUT2D eigenvalue weighted by molar-refractivity contribution is 0.101. The molecule has 3 rings (SSSR count). The maximum absolute atomic E-state index is 12.2. The van der Waals surface area contributed by atoms with Gasteiger partial charge in [0.25, 0.3) is 5.91 Å². The van der Waals surface area contributed by atoms with Gasteiger partial charge >= 0.3 is 0 Å². The Kier molecular flexibility index (Phi) is 5.87. The maximum Gasteiger partial charge on any atom is 0.255 e. The minimum absolute atomic E-state index is 0.104. The van der Waals surface area contributed by atoms with Crippen molar-refractivity contribution < 1.29 is 9.59 Å². The normalized spacial score (nSPS) is 10.3. The van der Waals surface area contributed by atoms with E-state index in [9.17, 15) is 9.59 Å². The molecule has 3 aromatic carbocycles. The molecular weight excluding hydrogens is 342 g/mol. The summed E-state index contributed by atoms with van der Waals surface area (Å²) in [7, 11) is 0. The largest absolute Gasteiger partial charge is 0.322 e. The SMILES string of the molecule is Cc1ccc(C(=O)Nc2ccc(SCC(=O)c3ccccc3)cc2)cc1. The molecule has 3 aromatic rings. The minimum atomic E-state index is -0.135. The van der Waals surface area contributed by atoms with Crippen molar-refractivity contribution in [2.45, 2.75) is 11.8 Å². The van der Waals surface area contributed by atoms with Crippen molar-refractivity contribution in [3.05, 3.63) is 95.6 Å². The number of carbonyl (C=O) groups excluding carboxylic acids is 2. The van der Waals surface area contributed by atoms with Gasteiger partial charge in [-0.15, -0.1) is 11.8 Å². The average Bonchev–Trinajstić information content (AvgIpc) is 2.68. The van der Waals surface area contributed by atoms with E-state index in [-0.39, 0.29) is 11.7 Å². The van der Waals surface area contributed by atoms with Crippen LogP contribution in [-0.2, 0) is 0 Å². The molecule has 1 amide bonds. The first kappa shape index (κ1) is 18.0. The van der Waals surface area contributed by atoms with Gasteiger partial charge in [0, 0.05) is 21.7 Å². The number of thioether (sulfide) groups is 1. The van der Waals surface area contributed by atoms with Crippen LogP contribution < -0.4 is 5.32 Å². The van der Waals surface area contributed by atoms with Crippen LogP contribution in [0.15, 0.2) is 83.8 Å². The zero-order valence-corrected chi connectivity index (χ0v) is 15.3. The summed E-state index contributed by atoms with van der Waals surface area (Å²) in [6, 6.07) is 24.2. The number of ketones is 1. The number of anilines is 1. The summed E-state index contributed by atoms with van der Waals surface area (Å²) in [5, 5.41) is 2.88. The van der Waals surface area contributed by atoms with Crippen LogP contribution in [0.4, 0.5) is 5.69 Å². The third-order valence-corrected chi connectivity index (χ3v) is 4.90. The number of aryl methyl sites for hydroxylation is 1. The Morgan fingerprint density at radius 3 is 2.12 bits per heavy atom. The second-order valence-corrected chi connectivity index (χ2v) is 6.97. The van der Waals surface area contributed by atoms with Crippen LogP contribution in [0.25, 0.3) is 0 Å². The van der Waals surface area contributed by atoms with Gasteiger partial charge in [0.2, 0.25) is 0 Å². The van der Waals surface area contributed by atoms with Crippen LogP contribution in [0.5, 0.6) is 0 Å². The first-order valence-electron chi connectivity index (χ1n) is 8.31. The van der Waals surface area contributed by atoms with E-state index in [2.05, 4.69) is 5.32 Å². The Bertz CT molecular complexity index is 888. The molecular formula is C22H19NO2S. The lowest BCUT2D eigenvalue weighted by atomic mass is 10.1. The molecule has 0 fully saturated rings. The van der Waals surface area contributed by atoms with Gasteiger partial charge in [0.1, 0.15) is 0 Å². The number of rotatable bonds is 6. The van der Waals surface area contributed by atoms with Gasteiger partial charge in [-0.2, -0.15) is 0 Å². The lowest BCUT2D eigenvalue weighted by Crippen LogP contribution is -2.11. The Morgan fingerprint density at radius 2 is 1.46 bits per heavy atom. The maximum atomic E-state index is 12.2. The standard InChI is InChI=1S/C22H19NO2S/c1-16-7-9-18(10-8-16)22(25)23-19-11-13-20(14-12-19)26-15-21(24)17-5-3-2-4-6-17/h2-14H,15H2,1H3,(H,23,25). The van der Waals surface area contributed by atoms with E-state index < -0.39 is 0 Å². The second kappa shape index (κ2) is 8.50. The molecule has 0 aromatic heterocycles. The van der Waals surface area contributed by atoms with E-state index in [1.54, 1.807) is 0 Å². The van der Waals surface area contributed by atoms with E-state index in [0.717, 1.165) is 21.7 Å². The lowest BCUT2D eigenvalue weighted by Gasteiger charge is -2.07. The molecule has 0 heterocycles. The first-order valence-corrected chi connectivity index (χ1v) is 9.29. The smallest absolute Gasteiger partial charge is 0.255 e. The highest BCUT2D eigenvalue weighted by Gasteiger charge is 2.08. The molecule has 0 aliphatic carbocycles. The van der Waals surface area contributed by atoms with E-state index in [4.69, 9.17) is 0 Å². The summed E-state index contributed by atoms with van der Waals surface area (Å²) in [4.78, 5) is 25.3. The molecule has 4 heteroatoms. The molecule has 0 spiro atoms. The minimum Gasteiger partial charge on any atom is -0.322 e. The summed E-state index contributed by atoms with van der Waals surface area (Å²) < 4.78 is 0. The fourth-order valence-electron chi connectivity index (χ4n) is 2.40. The molecule has 0 radical (unpaired) electrons. The van der Waals surface area contributed by atoms with Crippen molar-refractivity contribution in [2.24, 2.45) is 0 Å². The number of hydrogen-bond acceptors (Lipinski definition) is 3. The van der Waals surface area contributed by atoms with E-state index >= 15 is 0 Å².